The van der Waals surface area contributed by atoms with E-state index in [9.17, 15) is 18.0 Å². The fraction of sp³-hybridized carbons (Fsp3) is 0.500. The Kier molecular flexibility index (Phi) is 6.33. The lowest BCUT2D eigenvalue weighted by Gasteiger charge is -2.16. The number of esters is 1. The summed E-state index contributed by atoms with van der Waals surface area (Å²) in [5.41, 5.74) is 2.28. The van der Waals surface area contributed by atoms with Crippen LogP contribution in [-0.2, 0) is 37.2 Å². The van der Waals surface area contributed by atoms with Gasteiger partial charge in [0.15, 0.2) is 6.61 Å². The molecule has 0 radical (unpaired) electrons. The highest BCUT2D eigenvalue weighted by atomic mass is 32.2. The Bertz CT molecular complexity index is 715. The molecule has 24 heavy (non-hydrogen) atoms. The monoisotopic (exact) mass is 354 g/mol. The van der Waals surface area contributed by atoms with Gasteiger partial charge in [0.2, 0.25) is 10.0 Å². The number of carbonyl (C=O) groups is 2. The Hall–Kier alpha value is -1.93. The van der Waals surface area contributed by atoms with Crippen molar-refractivity contribution in [3.8, 4) is 0 Å². The number of aryl methyl sites for hydroxylation is 2. The molecule has 1 aliphatic rings. The van der Waals surface area contributed by atoms with E-state index in [4.69, 9.17) is 4.74 Å². The molecule has 1 aromatic rings. The number of carbonyl (C=O) groups excluding carboxylic acids is 2. The zero-order chi connectivity index (χ0) is 17.6. The quantitative estimate of drug-likeness (QED) is 0.695. The van der Waals surface area contributed by atoms with Gasteiger partial charge in [-0.15, -0.1) is 0 Å². The van der Waals surface area contributed by atoms with Crippen molar-refractivity contribution in [3.05, 3.63) is 29.3 Å². The Labute approximate surface area is 141 Å². The second-order valence-corrected chi connectivity index (χ2v) is 7.39. The van der Waals surface area contributed by atoms with Gasteiger partial charge in [-0.3, -0.25) is 9.59 Å². The van der Waals surface area contributed by atoms with E-state index in [0.29, 0.717) is 0 Å². The van der Waals surface area contributed by atoms with Crippen LogP contribution in [0.4, 0.5) is 0 Å². The van der Waals surface area contributed by atoms with Crippen LogP contribution in [-0.4, -0.2) is 40.5 Å². The molecule has 1 aromatic carbocycles. The summed E-state index contributed by atoms with van der Waals surface area (Å²) in [5.74, 6) is -1.05. The highest BCUT2D eigenvalue weighted by Crippen LogP contribution is 2.23. The van der Waals surface area contributed by atoms with Gasteiger partial charge in [0.05, 0.1) is 11.3 Å². The van der Waals surface area contributed by atoms with Gasteiger partial charge < -0.3 is 10.1 Å². The minimum absolute atomic E-state index is 0.0774. The normalized spacial score (nSPS) is 13.9. The number of nitrogens with one attached hydrogen (secondary N) is 2. The number of hydrogen-bond donors (Lipinski definition) is 2. The third kappa shape index (κ3) is 5.04. The Morgan fingerprint density at radius 1 is 1.17 bits per heavy atom. The summed E-state index contributed by atoms with van der Waals surface area (Å²) in [6.07, 6.45) is 3.95. The third-order valence-corrected chi connectivity index (χ3v) is 5.35. The van der Waals surface area contributed by atoms with Crippen molar-refractivity contribution < 1.29 is 22.7 Å². The summed E-state index contributed by atoms with van der Waals surface area (Å²) in [6.45, 7) is -0.446. The van der Waals surface area contributed by atoms with Gasteiger partial charge in [-0.25, -0.2) is 13.1 Å². The molecule has 8 heteroatoms. The lowest BCUT2D eigenvalue weighted by atomic mass is 9.92. The molecule has 0 saturated carbocycles. The first kappa shape index (κ1) is 18.4. The average molecular weight is 354 g/mol. The van der Waals surface area contributed by atoms with Crippen LogP contribution >= 0.6 is 0 Å². The molecule has 0 aromatic heterocycles. The summed E-state index contributed by atoms with van der Waals surface area (Å²) in [6, 6.07) is 5.16. The molecule has 1 aliphatic carbocycles. The number of likely N-dealkylation sites (N-methyl/N-ethyl adjacent to an activating group) is 1. The molecule has 0 unspecified atom stereocenters. The molecule has 0 saturated heterocycles. The first-order chi connectivity index (χ1) is 11.4. The number of fused-ring (bicyclic) bond motifs is 1. The van der Waals surface area contributed by atoms with Gasteiger partial charge >= 0.3 is 5.97 Å². The second kappa shape index (κ2) is 8.25. The van der Waals surface area contributed by atoms with E-state index in [1.807, 2.05) is 6.07 Å². The van der Waals surface area contributed by atoms with Gasteiger partial charge in [0.1, 0.15) is 0 Å². The molecule has 132 valence electrons. The fourth-order valence-electron chi connectivity index (χ4n) is 2.54. The smallest absolute Gasteiger partial charge is 0.307 e. The minimum atomic E-state index is -3.66. The lowest BCUT2D eigenvalue weighted by Crippen LogP contribution is -2.29. The second-order valence-electron chi connectivity index (χ2n) is 5.62. The maximum atomic E-state index is 12.3. The van der Waals surface area contributed by atoms with Crippen LogP contribution in [0.3, 0.4) is 0 Å². The van der Waals surface area contributed by atoms with Crippen molar-refractivity contribution >= 4 is 21.9 Å². The molecule has 0 bridgehead atoms. The average Bonchev–Trinajstić information content (AvgIpc) is 2.59. The number of amides is 1. The van der Waals surface area contributed by atoms with Crippen molar-refractivity contribution in [2.45, 2.75) is 37.0 Å². The Morgan fingerprint density at radius 3 is 2.58 bits per heavy atom. The van der Waals surface area contributed by atoms with Crippen LogP contribution in [0.25, 0.3) is 0 Å². The third-order valence-electron chi connectivity index (χ3n) is 3.89. The highest BCUT2D eigenvalue weighted by molar-refractivity contribution is 7.89. The van der Waals surface area contributed by atoms with Crippen LogP contribution in [0.1, 0.15) is 30.4 Å². The van der Waals surface area contributed by atoms with E-state index in [0.717, 1.165) is 31.2 Å². The van der Waals surface area contributed by atoms with E-state index in [1.165, 1.54) is 12.6 Å². The summed E-state index contributed by atoms with van der Waals surface area (Å²) in [7, 11) is -2.23. The van der Waals surface area contributed by atoms with Crippen LogP contribution in [0.5, 0.6) is 0 Å². The largest absolute Gasteiger partial charge is 0.456 e. The Morgan fingerprint density at radius 2 is 1.88 bits per heavy atom. The maximum absolute atomic E-state index is 12.3. The van der Waals surface area contributed by atoms with E-state index in [1.54, 1.807) is 12.1 Å². The molecular weight excluding hydrogens is 332 g/mol. The molecule has 1 amide bonds. The van der Waals surface area contributed by atoms with Gasteiger partial charge in [-0.05, 0) is 48.9 Å². The molecule has 2 N–H and O–H groups in total. The number of hydrogen-bond acceptors (Lipinski definition) is 5. The minimum Gasteiger partial charge on any atom is -0.456 e. The molecule has 0 fully saturated rings. The lowest BCUT2D eigenvalue weighted by molar-refractivity contribution is -0.148. The van der Waals surface area contributed by atoms with Gasteiger partial charge in [0.25, 0.3) is 5.91 Å². The molecule has 2 rings (SSSR count). The van der Waals surface area contributed by atoms with Gasteiger partial charge in [-0.1, -0.05) is 6.07 Å². The Balaban J connectivity index is 1.87. The summed E-state index contributed by atoms with van der Waals surface area (Å²) < 4.78 is 31.7. The number of rotatable bonds is 7. The first-order valence-electron chi connectivity index (χ1n) is 7.90. The summed E-state index contributed by atoms with van der Waals surface area (Å²) in [4.78, 5) is 22.6. The molecule has 0 atom stereocenters. The summed E-state index contributed by atoms with van der Waals surface area (Å²) in [5, 5.41) is 2.32. The van der Waals surface area contributed by atoms with Crippen molar-refractivity contribution in [1.82, 2.24) is 10.0 Å². The SMILES string of the molecule is CNC(=O)COC(=O)CCNS(=O)(=O)c1ccc2c(c1)CCCC2. The van der Waals surface area contributed by atoms with Crippen molar-refractivity contribution in [2.75, 3.05) is 20.2 Å². The molecule has 0 aliphatic heterocycles. The number of benzene rings is 1. The predicted octanol–water partition coefficient (Wildman–Crippen LogP) is 0.523. The van der Waals surface area contributed by atoms with Crippen LogP contribution in [0, 0.1) is 0 Å². The van der Waals surface area contributed by atoms with Crippen molar-refractivity contribution in [1.29, 1.82) is 0 Å². The van der Waals surface area contributed by atoms with Crippen molar-refractivity contribution in [3.63, 3.8) is 0 Å². The predicted molar refractivity (Wildman–Crippen MR) is 87.9 cm³/mol. The molecule has 7 nitrogen and oxygen atoms in total. The van der Waals surface area contributed by atoms with Crippen LogP contribution in [0.15, 0.2) is 23.1 Å². The van der Waals surface area contributed by atoms with Gasteiger partial charge in [0, 0.05) is 13.6 Å². The molecular formula is C16H22N2O5S. The van der Waals surface area contributed by atoms with E-state index in [-0.39, 0.29) is 24.5 Å². The van der Waals surface area contributed by atoms with Crippen LogP contribution in [0.2, 0.25) is 0 Å². The highest BCUT2D eigenvalue weighted by Gasteiger charge is 2.18. The zero-order valence-electron chi connectivity index (χ0n) is 13.6. The first-order valence-corrected chi connectivity index (χ1v) is 9.38. The number of sulfonamides is 1. The zero-order valence-corrected chi connectivity index (χ0v) is 14.4. The molecule has 0 spiro atoms. The van der Waals surface area contributed by atoms with E-state index in [2.05, 4.69) is 10.0 Å². The number of ether oxygens (including phenoxy) is 1. The summed E-state index contributed by atoms with van der Waals surface area (Å²) >= 11 is 0. The standard InChI is InChI=1S/C16H22N2O5S/c1-17-15(19)11-23-16(20)8-9-18-24(21,22)14-7-6-12-4-2-3-5-13(12)10-14/h6-7,10,18H,2-5,8-9,11H2,1H3,(H,17,19). The maximum Gasteiger partial charge on any atom is 0.307 e. The topological polar surface area (TPSA) is 102 Å². The van der Waals surface area contributed by atoms with Crippen LogP contribution < -0.4 is 10.0 Å². The fourth-order valence-corrected chi connectivity index (χ4v) is 3.62. The van der Waals surface area contributed by atoms with Gasteiger partial charge in [-0.2, -0.15) is 0 Å². The molecule has 0 heterocycles. The van der Waals surface area contributed by atoms with E-state index < -0.39 is 21.9 Å². The van der Waals surface area contributed by atoms with Crippen molar-refractivity contribution in [2.24, 2.45) is 0 Å². The van der Waals surface area contributed by atoms with E-state index >= 15 is 0 Å².